The van der Waals surface area contributed by atoms with Gasteiger partial charge in [-0.2, -0.15) is 0 Å². The number of aromatic nitrogens is 2. The lowest BCUT2D eigenvalue weighted by atomic mass is 10.1. The Kier molecular flexibility index (Phi) is 4.47. The molecule has 8 heteroatoms. The number of nitrogens with zero attached hydrogens (tertiary/aromatic N) is 4. The fourth-order valence-corrected chi connectivity index (χ4v) is 3.42. The highest BCUT2D eigenvalue weighted by Crippen LogP contribution is 2.40. The molecule has 1 aromatic carbocycles. The molecule has 4 amide bonds. The number of likely N-dealkylation sites (N-methyl/N-ethyl adjacent to an activating group) is 1. The maximum absolute atomic E-state index is 12.5. The lowest BCUT2D eigenvalue weighted by Gasteiger charge is -2.19. The molecule has 4 rings (SSSR count). The maximum atomic E-state index is 12.5. The Morgan fingerprint density at radius 1 is 1.19 bits per heavy atom. The molecule has 142 valence electrons. The van der Waals surface area contributed by atoms with E-state index in [0.29, 0.717) is 18.2 Å². The minimum Gasteiger partial charge on any atom is -0.336 e. The van der Waals surface area contributed by atoms with Crippen molar-refractivity contribution in [1.29, 1.82) is 0 Å². The van der Waals surface area contributed by atoms with Gasteiger partial charge in [-0.3, -0.25) is 4.90 Å². The Balaban J connectivity index is 1.39. The predicted molar refractivity (Wildman–Crippen MR) is 103 cm³/mol. The van der Waals surface area contributed by atoms with Crippen molar-refractivity contribution >= 4 is 23.4 Å². The lowest BCUT2D eigenvalue weighted by Crippen LogP contribution is -2.35. The zero-order chi connectivity index (χ0) is 19.0. The Bertz CT molecular complexity index is 842. The van der Waals surface area contributed by atoms with Crippen molar-refractivity contribution < 1.29 is 9.59 Å². The number of hydrogen-bond acceptors (Lipinski definition) is 3. The van der Waals surface area contributed by atoms with Crippen molar-refractivity contribution in [1.82, 2.24) is 19.8 Å². The van der Waals surface area contributed by atoms with Gasteiger partial charge < -0.3 is 20.1 Å². The molecule has 1 atom stereocenters. The number of imidazole rings is 1. The van der Waals surface area contributed by atoms with Crippen LogP contribution in [0.25, 0.3) is 0 Å². The summed E-state index contributed by atoms with van der Waals surface area (Å²) in [6.07, 6.45) is 5.84. The van der Waals surface area contributed by atoms with Gasteiger partial charge in [0.25, 0.3) is 0 Å². The van der Waals surface area contributed by atoms with Gasteiger partial charge in [0.2, 0.25) is 0 Å². The van der Waals surface area contributed by atoms with Crippen LogP contribution in [0.4, 0.5) is 21.0 Å². The zero-order valence-corrected chi connectivity index (χ0v) is 15.6. The van der Waals surface area contributed by atoms with Crippen molar-refractivity contribution in [2.75, 3.05) is 30.4 Å². The fraction of sp³-hybridized carbons (Fsp3) is 0.421. The number of benzene rings is 1. The van der Waals surface area contributed by atoms with Crippen molar-refractivity contribution in [2.24, 2.45) is 13.0 Å². The lowest BCUT2D eigenvalue weighted by molar-refractivity contribution is 0.229. The largest absolute Gasteiger partial charge is 0.336 e. The first kappa shape index (κ1) is 17.4. The van der Waals surface area contributed by atoms with Crippen LogP contribution in [0.15, 0.2) is 36.7 Å². The van der Waals surface area contributed by atoms with E-state index in [4.69, 9.17) is 0 Å². The van der Waals surface area contributed by atoms with E-state index in [9.17, 15) is 9.59 Å². The van der Waals surface area contributed by atoms with E-state index >= 15 is 0 Å². The summed E-state index contributed by atoms with van der Waals surface area (Å²) in [6, 6.07) is 6.99. The molecule has 1 aliphatic heterocycles. The van der Waals surface area contributed by atoms with Gasteiger partial charge in [0.15, 0.2) is 0 Å². The minimum atomic E-state index is -0.250. The van der Waals surface area contributed by atoms with Crippen LogP contribution in [-0.2, 0) is 7.05 Å². The monoisotopic (exact) mass is 368 g/mol. The van der Waals surface area contributed by atoms with E-state index in [0.717, 1.165) is 30.9 Å². The molecule has 0 unspecified atom stereocenters. The van der Waals surface area contributed by atoms with E-state index in [1.807, 2.05) is 42.1 Å². The molecule has 27 heavy (non-hydrogen) atoms. The van der Waals surface area contributed by atoms with Crippen LogP contribution >= 0.6 is 0 Å². The van der Waals surface area contributed by atoms with Crippen LogP contribution in [-0.4, -0.2) is 46.7 Å². The number of amides is 4. The van der Waals surface area contributed by atoms with Gasteiger partial charge in [0.1, 0.15) is 5.82 Å². The molecule has 2 aliphatic rings. The second-order valence-corrected chi connectivity index (χ2v) is 7.21. The van der Waals surface area contributed by atoms with Crippen molar-refractivity contribution in [2.45, 2.75) is 18.9 Å². The summed E-state index contributed by atoms with van der Waals surface area (Å²) in [5.41, 5.74) is 1.52. The summed E-state index contributed by atoms with van der Waals surface area (Å²) < 4.78 is 1.95. The fourth-order valence-electron chi connectivity index (χ4n) is 3.42. The molecule has 8 nitrogen and oxygen atoms in total. The molecule has 2 heterocycles. The molecule has 1 saturated heterocycles. The highest BCUT2D eigenvalue weighted by atomic mass is 16.2. The molecule has 1 aliphatic carbocycles. The third kappa shape index (κ3) is 3.60. The molecule has 2 N–H and O–H groups in total. The second-order valence-electron chi connectivity index (χ2n) is 7.21. The molecular weight excluding hydrogens is 344 g/mol. The van der Waals surface area contributed by atoms with Gasteiger partial charge in [-0.05, 0) is 43.0 Å². The van der Waals surface area contributed by atoms with Gasteiger partial charge in [-0.1, -0.05) is 0 Å². The highest BCUT2D eigenvalue weighted by molar-refractivity contribution is 5.94. The summed E-state index contributed by atoms with van der Waals surface area (Å²) in [7, 11) is 3.73. The number of urea groups is 2. The molecule has 0 radical (unpaired) electrons. The average molecular weight is 368 g/mol. The van der Waals surface area contributed by atoms with Crippen molar-refractivity contribution in [3.63, 3.8) is 0 Å². The van der Waals surface area contributed by atoms with Crippen LogP contribution in [0.2, 0.25) is 0 Å². The molecule has 0 bridgehead atoms. The number of anilines is 2. The maximum Gasteiger partial charge on any atom is 0.324 e. The van der Waals surface area contributed by atoms with E-state index < -0.39 is 0 Å². The third-order valence-corrected chi connectivity index (χ3v) is 5.17. The van der Waals surface area contributed by atoms with Gasteiger partial charge in [0, 0.05) is 51.0 Å². The normalized spacial score (nSPS) is 17.9. The van der Waals surface area contributed by atoms with Crippen LogP contribution in [0.5, 0.6) is 0 Å². The second kappa shape index (κ2) is 6.94. The zero-order valence-electron chi connectivity index (χ0n) is 15.6. The van der Waals surface area contributed by atoms with Gasteiger partial charge >= 0.3 is 12.1 Å². The van der Waals surface area contributed by atoms with Crippen LogP contribution in [0.1, 0.15) is 24.7 Å². The standard InChI is InChI=1S/C19H24N6O2/c1-23-10-9-20-17(23)16(13-3-4-13)22-18(26)21-14-5-7-15(8-6-14)25-12-11-24(2)19(25)27/h5-10,13,16H,3-4,11-12H2,1-2H3,(H2,21,22,26)/t16-/m0/s1. The van der Waals surface area contributed by atoms with Crippen LogP contribution in [0.3, 0.4) is 0 Å². The Labute approximate surface area is 158 Å². The molecule has 1 saturated carbocycles. The van der Waals surface area contributed by atoms with Crippen LogP contribution < -0.4 is 15.5 Å². The SMILES string of the molecule is CN1CCN(c2ccc(NC(=O)N[C@H](c3nccn3C)C3CC3)cc2)C1=O. The molecule has 2 fully saturated rings. The molecule has 0 spiro atoms. The first-order valence-corrected chi connectivity index (χ1v) is 9.20. The average Bonchev–Trinajstić information content (AvgIpc) is 3.33. The molecule has 1 aromatic heterocycles. The summed E-state index contributed by atoms with van der Waals surface area (Å²) in [5.74, 6) is 1.32. The smallest absolute Gasteiger partial charge is 0.324 e. The number of rotatable bonds is 5. The number of nitrogens with one attached hydrogen (secondary N) is 2. The van der Waals surface area contributed by atoms with Crippen LogP contribution in [0, 0.1) is 5.92 Å². The van der Waals surface area contributed by atoms with Crippen molar-refractivity contribution in [3.8, 4) is 0 Å². The van der Waals surface area contributed by atoms with E-state index in [2.05, 4.69) is 15.6 Å². The van der Waals surface area contributed by atoms with Crippen molar-refractivity contribution in [3.05, 3.63) is 42.5 Å². The first-order valence-electron chi connectivity index (χ1n) is 9.20. The summed E-state index contributed by atoms with van der Waals surface area (Å²) >= 11 is 0. The summed E-state index contributed by atoms with van der Waals surface area (Å²) in [5, 5.41) is 5.92. The minimum absolute atomic E-state index is 0.00389. The quantitative estimate of drug-likeness (QED) is 0.851. The summed E-state index contributed by atoms with van der Waals surface area (Å²) in [4.78, 5) is 32.3. The number of hydrogen-bond donors (Lipinski definition) is 2. The first-order chi connectivity index (χ1) is 13.0. The topological polar surface area (TPSA) is 82.5 Å². The Hall–Kier alpha value is -3.03. The van der Waals surface area contributed by atoms with E-state index in [1.165, 1.54) is 0 Å². The number of aryl methyl sites for hydroxylation is 1. The van der Waals surface area contributed by atoms with E-state index in [-0.39, 0.29) is 18.1 Å². The molecule has 2 aromatic rings. The highest BCUT2D eigenvalue weighted by Gasteiger charge is 2.35. The third-order valence-electron chi connectivity index (χ3n) is 5.17. The predicted octanol–water partition coefficient (Wildman–Crippen LogP) is 2.56. The number of carbonyl (C=O) groups excluding carboxylic acids is 2. The van der Waals surface area contributed by atoms with Gasteiger partial charge in [0.05, 0.1) is 6.04 Å². The summed E-state index contributed by atoms with van der Waals surface area (Å²) in [6.45, 7) is 1.40. The number of carbonyl (C=O) groups is 2. The molecular formula is C19H24N6O2. The van der Waals surface area contributed by atoms with E-state index in [1.54, 1.807) is 23.0 Å². The van der Waals surface area contributed by atoms with Gasteiger partial charge in [-0.15, -0.1) is 0 Å². The van der Waals surface area contributed by atoms with Gasteiger partial charge in [-0.25, -0.2) is 14.6 Å². The Morgan fingerprint density at radius 2 is 1.93 bits per heavy atom. The Morgan fingerprint density at radius 3 is 2.48 bits per heavy atom.